The third kappa shape index (κ3) is 5.57. The second-order valence-electron chi connectivity index (χ2n) is 9.65. The van der Waals surface area contributed by atoms with Crippen molar-refractivity contribution in [2.45, 2.75) is 19.9 Å². The lowest BCUT2D eigenvalue weighted by Gasteiger charge is -2.13. The van der Waals surface area contributed by atoms with Crippen LogP contribution in [0.3, 0.4) is 0 Å². The van der Waals surface area contributed by atoms with E-state index in [1.807, 2.05) is 0 Å². The Balaban J connectivity index is 1.27. The predicted molar refractivity (Wildman–Crippen MR) is 157 cm³/mol. The lowest BCUT2D eigenvalue weighted by atomic mass is 10.0. The van der Waals surface area contributed by atoms with E-state index in [0.29, 0.717) is 22.9 Å². The van der Waals surface area contributed by atoms with E-state index in [9.17, 15) is 18.8 Å². The molecule has 44 heavy (non-hydrogen) atoms. The highest BCUT2D eigenvalue weighted by atomic mass is 19.1. The minimum Gasteiger partial charge on any atom is -0.452 e. The summed E-state index contributed by atoms with van der Waals surface area (Å²) in [5.41, 5.74) is -0.253. The molecule has 0 aliphatic rings. The van der Waals surface area contributed by atoms with Gasteiger partial charge in [-0.2, -0.15) is 5.10 Å². The number of hydrogen-bond donors (Lipinski definition) is 1. The van der Waals surface area contributed by atoms with Crippen LogP contribution < -0.4 is 21.3 Å². The van der Waals surface area contributed by atoms with Gasteiger partial charge in [-0.15, -0.1) is 0 Å². The Bertz CT molecular complexity index is 2120. The van der Waals surface area contributed by atoms with Gasteiger partial charge in [0, 0.05) is 37.6 Å². The Morgan fingerprint density at radius 3 is 2.43 bits per heavy atom. The molecule has 0 aliphatic heterocycles. The zero-order valence-electron chi connectivity index (χ0n) is 23.1. The summed E-state index contributed by atoms with van der Waals surface area (Å²) in [6.07, 6.45) is 7.32. The van der Waals surface area contributed by atoms with Crippen molar-refractivity contribution in [3.8, 4) is 17.2 Å². The van der Waals surface area contributed by atoms with Crippen LogP contribution in [-0.4, -0.2) is 34.5 Å². The van der Waals surface area contributed by atoms with Crippen LogP contribution in [0.1, 0.15) is 22.8 Å². The van der Waals surface area contributed by atoms with E-state index < -0.39 is 28.7 Å². The first-order chi connectivity index (χ1) is 21.3. The number of rotatable bonds is 9. The number of halogens is 2. The third-order valence-corrected chi connectivity index (χ3v) is 6.75. The van der Waals surface area contributed by atoms with Crippen molar-refractivity contribution in [1.82, 2.24) is 28.7 Å². The molecule has 0 unspecified atom stereocenters. The fourth-order valence-corrected chi connectivity index (χ4v) is 4.61. The summed E-state index contributed by atoms with van der Waals surface area (Å²) in [6, 6.07) is 13.9. The number of Topliss-reactive ketones (excluding diaryl/α,β-unsaturated/α-hetero) is 1. The molecule has 6 rings (SSSR count). The quantitative estimate of drug-likeness (QED) is 0.239. The number of carbonyl (C=O) groups is 1. The van der Waals surface area contributed by atoms with Crippen molar-refractivity contribution in [3.63, 3.8) is 0 Å². The number of hydrogen-bond acceptors (Lipinski definition) is 8. The van der Waals surface area contributed by atoms with Crippen LogP contribution in [0.2, 0.25) is 0 Å². The lowest BCUT2D eigenvalue weighted by molar-refractivity contribution is 0.0990. The summed E-state index contributed by atoms with van der Waals surface area (Å²) in [6.45, 7) is 1.86. The van der Waals surface area contributed by atoms with E-state index in [-0.39, 0.29) is 35.5 Å². The maximum Gasteiger partial charge on any atom is 0.335 e. The molecule has 0 fully saturated rings. The van der Waals surface area contributed by atoms with Gasteiger partial charge in [-0.25, -0.2) is 32.6 Å². The largest absolute Gasteiger partial charge is 0.452 e. The van der Waals surface area contributed by atoms with E-state index in [4.69, 9.17) is 4.74 Å². The summed E-state index contributed by atoms with van der Waals surface area (Å²) in [7, 11) is 0. The number of nitrogens with one attached hydrogen (secondary N) is 1. The summed E-state index contributed by atoms with van der Waals surface area (Å²) in [5, 5.41) is 7.28. The molecule has 4 heterocycles. The molecule has 13 heteroatoms. The Morgan fingerprint density at radius 2 is 1.70 bits per heavy atom. The van der Waals surface area contributed by atoms with Gasteiger partial charge in [-0.05, 0) is 61.0 Å². The molecule has 2 aromatic carbocycles. The fourth-order valence-electron chi connectivity index (χ4n) is 4.61. The second-order valence-corrected chi connectivity index (χ2v) is 9.65. The highest BCUT2D eigenvalue weighted by Gasteiger charge is 2.20. The standard InChI is InChI=1S/C31H23F2N7O4/c1-2-38-18-23(29(42)40(31(38)43)22-7-5-20(32)6-8-22)26(41)15-19-4-9-27(24(33)14-19)44-28-16-21(17-39-25(28)10-13-36-39)37-30-34-11-3-12-35-30/h3-14,16-18H,2,15H2,1H3,(H,34,35,37). The molecule has 0 aliphatic carbocycles. The van der Waals surface area contributed by atoms with Gasteiger partial charge in [-0.3, -0.25) is 14.2 Å². The van der Waals surface area contributed by atoms with Gasteiger partial charge in [-0.1, -0.05) is 6.07 Å². The second kappa shape index (κ2) is 11.7. The van der Waals surface area contributed by atoms with Crippen molar-refractivity contribution in [3.05, 3.63) is 135 Å². The molecule has 0 saturated carbocycles. The van der Waals surface area contributed by atoms with Crippen molar-refractivity contribution < 1.29 is 18.3 Å². The highest BCUT2D eigenvalue weighted by Crippen LogP contribution is 2.31. The van der Waals surface area contributed by atoms with Gasteiger partial charge >= 0.3 is 5.69 Å². The maximum absolute atomic E-state index is 15.3. The van der Waals surface area contributed by atoms with Crippen LogP contribution in [0.4, 0.5) is 20.4 Å². The number of ether oxygens (including phenoxy) is 1. The van der Waals surface area contributed by atoms with E-state index in [0.717, 1.165) is 22.8 Å². The Hall–Kier alpha value is -5.98. The average molecular weight is 596 g/mol. The number of nitrogens with zero attached hydrogens (tertiary/aromatic N) is 6. The number of benzene rings is 2. The van der Waals surface area contributed by atoms with Crippen LogP contribution in [0.25, 0.3) is 11.2 Å². The third-order valence-electron chi connectivity index (χ3n) is 6.75. The summed E-state index contributed by atoms with van der Waals surface area (Å²) >= 11 is 0. The Morgan fingerprint density at radius 1 is 0.932 bits per heavy atom. The number of pyridine rings is 1. The van der Waals surface area contributed by atoms with Crippen LogP contribution in [-0.2, 0) is 13.0 Å². The molecule has 4 aromatic heterocycles. The van der Waals surface area contributed by atoms with Gasteiger partial charge in [0.2, 0.25) is 5.95 Å². The number of anilines is 2. The molecule has 1 N–H and O–H groups in total. The molecule has 6 aromatic rings. The zero-order chi connectivity index (χ0) is 30.8. The van der Waals surface area contributed by atoms with Crippen molar-refractivity contribution in [2.75, 3.05) is 5.32 Å². The van der Waals surface area contributed by atoms with Crippen LogP contribution >= 0.6 is 0 Å². The highest BCUT2D eigenvalue weighted by molar-refractivity contribution is 5.97. The summed E-state index contributed by atoms with van der Waals surface area (Å²) in [4.78, 5) is 47.7. The molecule has 220 valence electrons. The van der Waals surface area contributed by atoms with Crippen molar-refractivity contribution in [2.24, 2.45) is 0 Å². The van der Waals surface area contributed by atoms with Crippen molar-refractivity contribution >= 4 is 22.9 Å². The van der Waals surface area contributed by atoms with Gasteiger partial charge in [0.05, 0.1) is 23.8 Å². The van der Waals surface area contributed by atoms with Gasteiger partial charge < -0.3 is 10.1 Å². The zero-order valence-corrected chi connectivity index (χ0v) is 23.1. The molecule has 0 atom stereocenters. The first-order valence-corrected chi connectivity index (χ1v) is 13.4. The van der Waals surface area contributed by atoms with E-state index in [2.05, 4.69) is 20.4 Å². The maximum atomic E-state index is 15.3. The molecule has 0 radical (unpaired) electrons. The molecule has 0 saturated heterocycles. The number of ketones is 1. The summed E-state index contributed by atoms with van der Waals surface area (Å²) in [5.74, 6) is -1.35. The molecule has 11 nitrogen and oxygen atoms in total. The van der Waals surface area contributed by atoms with Gasteiger partial charge in [0.1, 0.15) is 16.9 Å². The Kier molecular flexibility index (Phi) is 7.50. The number of aromatic nitrogens is 6. The molecule has 0 amide bonds. The van der Waals surface area contributed by atoms with Crippen LogP contribution in [0.15, 0.2) is 101 Å². The van der Waals surface area contributed by atoms with Crippen molar-refractivity contribution in [1.29, 1.82) is 0 Å². The predicted octanol–water partition coefficient (Wildman–Crippen LogP) is 4.70. The average Bonchev–Trinajstić information content (AvgIpc) is 3.49. The monoisotopic (exact) mass is 595 g/mol. The van der Waals surface area contributed by atoms with E-state index >= 15 is 4.39 Å². The number of fused-ring (bicyclic) bond motifs is 1. The summed E-state index contributed by atoms with van der Waals surface area (Å²) < 4.78 is 38.3. The molecular formula is C31H23F2N7O4. The Labute approximate surface area is 247 Å². The van der Waals surface area contributed by atoms with E-state index in [1.165, 1.54) is 35.0 Å². The van der Waals surface area contributed by atoms with Gasteiger partial charge in [0.25, 0.3) is 5.56 Å². The molecule has 0 spiro atoms. The van der Waals surface area contributed by atoms with Crippen LogP contribution in [0.5, 0.6) is 11.5 Å². The minimum atomic E-state index is -0.851. The smallest absolute Gasteiger partial charge is 0.335 e. The normalized spacial score (nSPS) is 11.1. The van der Waals surface area contributed by atoms with Crippen LogP contribution in [0, 0.1) is 11.6 Å². The lowest BCUT2D eigenvalue weighted by Crippen LogP contribution is -2.41. The number of carbonyl (C=O) groups excluding carboxylic acids is 1. The number of aryl methyl sites for hydroxylation is 1. The first kappa shape index (κ1) is 28.2. The van der Waals surface area contributed by atoms with Gasteiger partial charge in [0.15, 0.2) is 23.1 Å². The SMILES string of the molecule is CCn1cc(C(=O)Cc2ccc(Oc3cc(Nc4ncccn4)cn4nccc34)c(F)c2)c(=O)n(-c2ccc(F)cc2)c1=O. The minimum absolute atomic E-state index is 0.101. The molecule has 0 bridgehead atoms. The topological polar surface area (TPSA) is 125 Å². The first-order valence-electron chi connectivity index (χ1n) is 13.4. The fraction of sp³-hybridized carbons (Fsp3) is 0.0968. The molecular weight excluding hydrogens is 572 g/mol. The van der Waals surface area contributed by atoms with E-state index in [1.54, 1.807) is 54.4 Å².